The first kappa shape index (κ1) is 34.0. The zero-order valence-electron chi connectivity index (χ0n) is 31.3. The Hall–Kier alpha value is -6.12. The van der Waals surface area contributed by atoms with Gasteiger partial charge in [-0.15, -0.1) is 0 Å². The molecule has 0 aliphatic carbocycles. The second-order valence-corrected chi connectivity index (χ2v) is 15.6. The lowest BCUT2D eigenvalue weighted by molar-refractivity contribution is 0.590. The monoisotopic (exact) mass is 686 g/mol. The number of anilines is 5. The minimum Gasteiger partial charge on any atom is -0.317 e. The molecule has 260 valence electrons. The molecule has 0 atom stereocenters. The van der Waals surface area contributed by atoms with Gasteiger partial charge in [0.05, 0.1) is 11.4 Å². The summed E-state index contributed by atoms with van der Waals surface area (Å²) in [6, 6.07) is 63.8. The van der Waals surface area contributed by atoms with E-state index < -0.39 is 0 Å². The van der Waals surface area contributed by atoms with Crippen LogP contribution in [0.5, 0.6) is 0 Å². The van der Waals surface area contributed by atoms with Crippen LogP contribution in [0.25, 0.3) is 28.3 Å². The van der Waals surface area contributed by atoms with Crippen LogP contribution in [-0.4, -0.2) is 0 Å². The van der Waals surface area contributed by atoms with Gasteiger partial charge in [-0.2, -0.15) is 0 Å². The lowest BCUT2D eigenvalue weighted by atomic mass is 9.73. The van der Waals surface area contributed by atoms with Crippen molar-refractivity contribution < 1.29 is 0 Å². The fourth-order valence-electron chi connectivity index (χ4n) is 7.57. The molecule has 7 aromatic carbocycles. The minimum absolute atomic E-state index is 0.109. The third-order valence-electron chi connectivity index (χ3n) is 10.7. The van der Waals surface area contributed by atoms with E-state index in [9.17, 15) is 0 Å². The van der Waals surface area contributed by atoms with E-state index in [1.807, 2.05) is 0 Å². The number of hydrogen-bond donors (Lipinski definition) is 0. The second kappa shape index (κ2) is 13.8. The fraction of sp³-hybridized carbons (Fsp3) is 0.137. The maximum absolute atomic E-state index is 2.44. The Kier molecular flexibility index (Phi) is 8.84. The van der Waals surface area contributed by atoms with Crippen LogP contribution in [-0.2, 0) is 10.8 Å². The van der Waals surface area contributed by atoms with E-state index in [0.717, 1.165) is 16.9 Å². The summed E-state index contributed by atoms with van der Waals surface area (Å²) in [6.07, 6.45) is 4.32. The van der Waals surface area contributed by atoms with Crippen LogP contribution in [0.3, 0.4) is 0 Å². The average molecular weight is 687 g/mol. The summed E-state index contributed by atoms with van der Waals surface area (Å²) in [4.78, 5) is 4.66. The molecular weight excluding hydrogens is 641 g/mol. The summed E-state index contributed by atoms with van der Waals surface area (Å²) in [6.45, 7) is 11.5. The molecule has 1 aliphatic rings. The van der Waals surface area contributed by atoms with E-state index in [2.05, 4.69) is 233 Å². The Morgan fingerprint density at radius 2 is 0.981 bits per heavy atom. The molecule has 7 aromatic rings. The number of fused-ring (bicyclic) bond motifs is 2. The van der Waals surface area contributed by atoms with Gasteiger partial charge < -0.3 is 9.80 Å². The highest BCUT2D eigenvalue weighted by Crippen LogP contribution is 2.52. The lowest BCUT2D eigenvalue weighted by Gasteiger charge is -2.42. The van der Waals surface area contributed by atoms with E-state index in [1.165, 1.54) is 56.0 Å². The van der Waals surface area contributed by atoms with E-state index in [1.54, 1.807) is 0 Å². The third-order valence-corrected chi connectivity index (χ3v) is 10.7. The Labute approximate surface area is 315 Å². The van der Waals surface area contributed by atoms with Gasteiger partial charge in [-0.25, -0.2) is 0 Å². The van der Waals surface area contributed by atoms with Gasteiger partial charge in [0.25, 0.3) is 0 Å². The maximum Gasteiger partial charge on any atom is 0.0503 e. The van der Waals surface area contributed by atoms with Crippen molar-refractivity contribution in [3.63, 3.8) is 0 Å². The minimum atomic E-state index is -0.154. The fourth-order valence-corrected chi connectivity index (χ4v) is 7.57. The van der Waals surface area contributed by atoms with Crippen LogP contribution in [0.2, 0.25) is 0 Å². The zero-order chi connectivity index (χ0) is 36.6. The van der Waals surface area contributed by atoms with E-state index in [0.29, 0.717) is 0 Å². The molecule has 0 unspecified atom stereocenters. The van der Waals surface area contributed by atoms with Gasteiger partial charge in [0.15, 0.2) is 0 Å². The Morgan fingerprint density at radius 1 is 0.491 bits per heavy atom. The molecule has 0 fully saturated rings. The van der Waals surface area contributed by atoms with Gasteiger partial charge in [-0.1, -0.05) is 156 Å². The Balaban J connectivity index is 1.06. The van der Waals surface area contributed by atoms with Gasteiger partial charge in [0, 0.05) is 28.7 Å². The molecule has 1 aliphatic heterocycles. The first-order valence-corrected chi connectivity index (χ1v) is 18.6. The molecule has 0 saturated heterocycles. The predicted molar refractivity (Wildman–Crippen MR) is 227 cm³/mol. The molecule has 0 bridgehead atoms. The average Bonchev–Trinajstić information content (AvgIpc) is 3.19. The molecule has 0 aromatic heterocycles. The van der Waals surface area contributed by atoms with Crippen LogP contribution < -0.4 is 9.80 Å². The van der Waals surface area contributed by atoms with E-state index in [4.69, 9.17) is 0 Å². The SMILES string of the molecule is CC(C)(C)c1ccc(N2c3ccccc3C(C)(C)c3cc(-c4ccc(-c5ccc(/C=C/N(c6ccccc6)c6ccccc6)cc5)cc4)ccc32)cc1. The largest absolute Gasteiger partial charge is 0.317 e. The van der Waals surface area contributed by atoms with Gasteiger partial charge >= 0.3 is 0 Å². The quantitative estimate of drug-likeness (QED) is 0.165. The van der Waals surface area contributed by atoms with Crippen LogP contribution in [0, 0.1) is 0 Å². The number of benzene rings is 7. The topological polar surface area (TPSA) is 6.48 Å². The molecule has 0 N–H and O–H groups in total. The first-order chi connectivity index (χ1) is 25.7. The second-order valence-electron chi connectivity index (χ2n) is 15.6. The molecule has 8 rings (SSSR count). The molecule has 0 spiro atoms. The molecular formula is C51H46N2. The van der Waals surface area contributed by atoms with Crippen molar-refractivity contribution in [3.8, 4) is 22.3 Å². The summed E-state index contributed by atoms with van der Waals surface area (Å²) in [5, 5.41) is 0. The molecule has 53 heavy (non-hydrogen) atoms. The van der Waals surface area contributed by atoms with Gasteiger partial charge in [0.2, 0.25) is 0 Å². The third kappa shape index (κ3) is 6.69. The zero-order valence-corrected chi connectivity index (χ0v) is 31.3. The number of para-hydroxylation sites is 3. The Morgan fingerprint density at radius 3 is 1.57 bits per heavy atom. The first-order valence-electron chi connectivity index (χ1n) is 18.6. The summed E-state index contributed by atoms with van der Waals surface area (Å²) >= 11 is 0. The van der Waals surface area contributed by atoms with Gasteiger partial charge in [-0.05, 0) is 111 Å². The highest BCUT2D eigenvalue weighted by atomic mass is 15.2. The number of rotatable bonds is 7. The van der Waals surface area contributed by atoms with Crippen LogP contribution in [0.4, 0.5) is 28.4 Å². The standard InChI is InChI=1S/C51H46N2/c1-50(2,3)42-29-31-45(32-30-42)53-48-19-13-12-18-46(48)51(4,5)47-36-41(28-33-49(47)53)40-26-24-39(25-27-40)38-22-20-37(21-23-38)34-35-52(43-14-8-6-9-15-43)44-16-10-7-11-17-44/h6-36H,1-5H3/b35-34+. The van der Waals surface area contributed by atoms with E-state index in [-0.39, 0.29) is 10.8 Å². The Bertz CT molecular complexity index is 2320. The predicted octanol–water partition coefficient (Wildman–Crippen LogP) is 14.2. The summed E-state index contributed by atoms with van der Waals surface area (Å²) < 4.78 is 0. The normalized spacial score (nSPS) is 13.4. The molecule has 0 radical (unpaired) electrons. The highest BCUT2D eigenvalue weighted by molar-refractivity contribution is 5.87. The van der Waals surface area contributed by atoms with Crippen LogP contribution in [0.15, 0.2) is 182 Å². The molecule has 0 amide bonds. The van der Waals surface area contributed by atoms with Crippen LogP contribution in [0.1, 0.15) is 56.9 Å². The van der Waals surface area contributed by atoms with Crippen molar-refractivity contribution in [1.82, 2.24) is 0 Å². The van der Waals surface area contributed by atoms with Crippen molar-refractivity contribution >= 4 is 34.5 Å². The smallest absolute Gasteiger partial charge is 0.0503 e. The van der Waals surface area contributed by atoms with Gasteiger partial charge in [-0.3, -0.25) is 0 Å². The van der Waals surface area contributed by atoms with Crippen molar-refractivity contribution in [2.75, 3.05) is 9.80 Å². The van der Waals surface area contributed by atoms with Crippen molar-refractivity contribution in [2.45, 2.75) is 45.4 Å². The van der Waals surface area contributed by atoms with Crippen molar-refractivity contribution in [2.24, 2.45) is 0 Å². The van der Waals surface area contributed by atoms with Crippen molar-refractivity contribution in [1.29, 1.82) is 0 Å². The van der Waals surface area contributed by atoms with Crippen molar-refractivity contribution in [3.05, 3.63) is 204 Å². The van der Waals surface area contributed by atoms with Gasteiger partial charge in [0.1, 0.15) is 0 Å². The van der Waals surface area contributed by atoms with E-state index >= 15 is 0 Å². The number of nitrogens with zero attached hydrogens (tertiary/aromatic N) is 2. The molecule has 0 saturated carbocycles. The van der Waals surface area contributed by atoms with Crippen LogP contribution >= 0.6 is 0 Å². The summed E-state index contributed by atoms with van der Waals surface area (Å²) in [7, 11) is 0. The molecule has 2 nitrogen and oxygen atoms in total. The summed E-state index contributed by atoms with van der Waals surface area (Å²) in [5.74, 6) is 0. The lowest BCUT2D eigenvalue weighted by Crippen LogP contribution is -2.30. The maximum atomic E-state index is 2.44. The molecule has 2 heteroatoms. The highest BCUT2D eigenvalue weighted by Gasteiger charge is 2.37. The number of hydrogen-bond acceptors (Lipinski definition) is 2. The summed E-state index contributed by atoms with van der Waals surface area (Å²) in [5.41, 5.74) is 15.9. The molecule has 1 heterocycles.